The van der Waals surface area contributed by atoms with Gasteiger partial charge >= 0.3 is 0 Å². The van der Waals surface area contributed by atoms with Crippen molar-refractivity contribution in [3.05, 3.63) is 29.3 Å². The van der Waals surface area contributed by atoms with E-state index in [2.05, 4.69) is 59.7 Å². The third-order valence-corrected chi connectivity index (χ3v) is 3.52. The van der Waals surface area contributed by atoms with E-state index in [4.69, 9.17) is 4.74 Å². The van der Waals surface area contributed by atoms with Crippen molar-refractivity contribution < 1.29 is 4.74 Å². The highest BCUT2D eigenvalue weighted by Gasteiger charge is 2.12. The van der Waals surface area contributed by atoms with E-state index in [9.17, 15) is 0 Å². The zero-order valence-corrected chi connectivity index (χ0v) is 12.8. The molecule has 1 aromatic rings. The minimum Gasteiger partial charge on any atom is -0.490 e. The summed E-state index contributed by atoms with van der Waals surface area (Å²) in [6.07, 6.45) is 2.48. The predicted octanol–water partition coefficient (Wildman–Crippen LogP) is 5.50. The standard InChI is InChI=1S/C17H28O/c1-7-14(8-2)18-15-9-10-16(12(3)4)17(11-15)13(5)6/h9-14H,7-8H2,1-6H3. The molecule has 1 nitrogen and oxygen atoms in total. The summed E-state index contributed by atoms with van der Waals surface area (Å²) in [6, 6.07) is 6.59. The van der Waals surface area contributed by atoms with Crippen LogP contribution in [0, 0.1) is 0 Å². The van der Waals surface area contributed by atoms with Crippen LogP contribution in [0.3, 0.4) is 0 Å². The molecule has 0 unspecified atom stereocenters. The third kappa shape index (κ3) is 3.76. The number of ether oxygens (including phenoxy) is 1. The van der Waals surface area contributed by atoms with E-state index in [0.29, 0.717) is 17.9 Å². The summed E-state index contributed by atoms with van der Waals surface area (Å²) in [7, 11) is 0. The second-order valence-corrected chi connectivity index (χ2v) is 5.66. The fourth-order valence-corrected chi connectivity index (χ4v) is 2.30. The first-order valence-corrected chi connectivity index (χ1v) is 7.30. The van der Waals surface area contributed by atoms with E-state index >= 15 is 0 Å². The lowest BCUT2D eigenvalue weighted by Gasteiger charge is -2.20. The molecule has 0 aliphatic carbocycles. The Hall–Kier alpha value is -0.980. The van der Waals surface area contributed by atoms with Gasteiger partial charge in [0.15, 0.2) is 0 Å². The highest BCUT2D eigenvalue weighted by atomic mass is 16.5. The Morgan fingerprint density at radius 2 is 1.44 bits per heavy atom. The summed E-state index contributed by atoms with van der Waals surface area (Å²) in [6.45, 7) is 13.4. The van der Waals surface area contributed by atoms with Gasteiger partial charge in [-0.1, -0.05) is 47.6 Å². The van der Waals surface area contributed by atoms with Crippen LogP contribution in [0.2, 0.25) is 0 Å². The maximum atomic E-state index is 6.04. The van der Waals surface area contributed by atoms with Gasteiger partial charge in [0.1, 0.15) is 5.75 Å². The van der Waals surface area contributed by atoms with Gasteiger partial charge in [-0.05, 0) is 47.9 Å². The van der Waals surface area contributed by atoms with Crippen molar-refractivity contribution in [2.45, 2.75) is 72.3 Å². The average Bonchev–Trinajstić information content (AvgIpc) is 2.35. The number of hydrogen-bond donors (Lipinski definition) is 0. The van der Waals surface area contributed by atoms with Gasteiger partial charge in [0.2, 0.25) is 0 Å². The Labute approximate surface area is 113 Å². The molecule has 102 valence electrons. The second kappa shape index (κ2) is 6.82. The van der Waals surface area contributed by atoms with Crippen LogP contribution in [0.1, 0.15) is 77.3 Å². The maximum Gasteiger partial charge on any atom is 0.120 e. The van der Waals surface area contributed by atoms with Crippen molar-refractivity contribution in [1.29, 1.82) is 0 Å². The molecule has 0 saturated carbocycles. The van der Waals surface area contributed by atoms with Crippen molar-refractivity contribution in [1.82, 2.24) is 0 Å². The van der Waals surface area contributed by atoms with E-state index in [1.54, 1.807) is 0 Å². The average molecular weight is 248 g/mol. The van der Waals surface area contributed by atoms with Crippen molar-refractivity contribution in [2.24, 2.45) is 0 Å². The van der Waals surface area contributed by atoms with E-state index in [0.717, 1.165) is 18.6 Å². The molecule has 0 radical (unpaired) electrons. The fourth-order valence-electron chi connectivity index (χ4n) is 2.30. The highest BCUT2D eigenvalue weighted by molar-refractivity contribution is 5.39. The van der Waals surface area contributed by atoms with Crippen molar-refractivity contribution >= 4 is 0 Å². The molecule has 0 aliphatic rings. The molecule has 0 aromatic heterocycles. The maximum absolute atomic E-state index is 6.04. The summed E-state index contributed by atoms with van der Waals surface area (Å²) in [5.74, 6) is 2.15. The lowest BCUT2D eigenvalue weighted by Crippen LogP contribution is -2.14. The smallest absolute Gasteiger partial charge is 0.120 e. The molecular weight excluding hydrogens is 220 g/mol. The Morgan fingerprint density at radius 3 is 1.89 bits per heavy atom. The number of hydrogen-bond acceptors (Lipinski definition) is 1. The predicted molar refractivity (Wildman–Crippen MR) is 79.6 cm³/mol. The van der Waals surface area contributed by atoms with E-state index in [1.165, 1.54) is 11.1 Å². The largest absolute Gasteiger partial charge is 0.490 e. The summed E-state index contributed by atoms with van der Waals surface area (Å²) in [5, 5.41) is 0. The Bertz CT molecular complexity index is 362. The van der Waals surface area contributed by atoms with Gasteiger partial charge in [-0.3, -0.25) is 0 Å². The molecule has 1 aromatic carbocycles. The zero-order chi connectivity index (χ0) is 13.7. The molecule has 0 bridgehead atoms. The van der Waals surface area contributed by atoms with Crippen LogP contribution in [0.15, 0.2) is 18.2 Å². The van der Waals surface area contributed by atoms with Gasteiger partial charge in [0.05, 0.1) is 6.10 Å². The SMILES string of the molecule is CCC(CC)Oc1ccc(C(C)C)c(C(C)C)c1. The number of benzene rings is 1. The van der Waals surface area contributed by atoms with Gasteiger partial charge in [-0.2, -0.15) is 0 Å². The molecule has 0 atom stereocenters. The van der Waals surface area contributed by atoms with Crippen LogP contribution in [0.5, 0.6) is 5.75 Å². The Kier molecular flexibility index (Phi) is 5.71. The van der Waals surface area contributed by atoms with Crippen LogP contribution in [-0.4, -0.2) is 6.10 Å². The van der Waals surface area contributed by atoms with Crippen LogP contribution >= 0.6 is 0 Å². The Morgan fingerprint density at radius 1 is 0.889 bits per heavy atom. The normalized spacial score (nSPS) is 11.6. The molecule has 0 saturated heterocycles. The zero-order valence-electron chi connectivity index (χ0n) is 12.8. The molecule has 1 heteroatoms. The molecule has 0 amide bonds. The summed E-state index contributed by atoms with van der Waals surface area (Å²) < 4.78 is 6.04. The van der Waals surface area contributed by atoms with Gasteiger partial charge in [0, 0.05) is 0 Å². The van der Waals surface area contributed by atoms with E-state index < -0.39 is 0 Å². The molecule has 18 heavy (non-hydrogen) atoms. The first-order chi connectivity index (χ1) is 8.49. The minimum atomic E-state index is 0.343. The molecule has 0 N–H and O–H groups in total. The molecular formula is C17H28O. The highest BCUT2D eigenvalue weighted by Crippen LogP contribution is 2.30. The van der Waals surface area contributed by atoms with E-state index in [-0.39, 0.29) is 0 Å². The lowest BCUT2D eigenvalue weighted by atomic mass is 9.90. The van der Waals surface area contributed by atoms with Gasteiger partial charge in [-0.15, -0.1) is 0 Å². The van der Waals surface area contributed by atoms with Crippen molar-refractivity contribution in [3.63, 3.8) is 0 Å². The molecule has 1 rings (SSSR count). The molecule has 0 spiro atoms. The minimum absolute atomic E-state index is 0.343. The van der Waals surface area contributed by atoms with Crippen LogP contribution < -0.4 is 4.74 Å². The first-order valence-electron chi connectivity index (χ1n) is 7.30. The van der Waals surface area contributed by atoms with Crippen molar-refractivity contribution in [2.75, 3.05) is 0 Å². The topological polar surface area (TPSA) is 9.23 Å². The Balaban J connectivity index is 2.99. The summed E-state index contributed by atoms with van der Waals surface area (Å²) in [5.41, 5.74) is 2.87. The molecule has 0 fully saturated rings. The number of rotatable bonds is 6. The quantitative estimate of drug-likeness (QED) is 0.646. The molecule has 0 aliphatic heterocycles. The fraction of sp³-hybridized carbons (Fsp3) is 0.647. The molecule has 0 heterocycles. The van der Waals surface area contributed by atoms with Gasteiger partial charge in [0.25, 0.3) is 0 Å². The van der Waals surface area contributed by atoms with E-state index in [1.807, 2.05) is 0 Å². The van der Waals surface area contributed by atoms with Crippen LogP contribution in [-0.2, 0) is 0 Å². The van der Waals surface area contributed by atoms with Crippen LogP contribution in [0.4, 0.5) is 0 Å². The second-order valence-electron chi connectivity index (χ2n) is 5.66. The summed E-state index contributed by atoms with van der Waals surface area (Å²) >= 11 is 0. The van der Waals surface area contributed by atoms with Gasteiger partial charge in [-0.25, -0.2) is 0 Å². The monoisotopic (exact) mass is 248 g/mol. The van der Waals surface area contributed by atoms with Gasteiger partial charge < -0.3 is 4.74 Å². The first kappa shape index (κ1) is 15.1. The van der Waals surface area contributed by atoms with Crippen molar-refractivity contribution in [3.8, 4) is 5.75 Å². The lowest BCUT2D eigenvalue weighted by molar-refractivity contribution is 0.192. The van der Waals surface area contributed by atoms with Crippen LogP contribution in [0.25, 0.3) is 0 Å². The third-order valence-electron chi connectivity index (χ3n) is 3.52. The summed E-state index contributed by atoms with van der Waals surface area (Å²) in [4.78, 5) is 0.